The Balaban J connectivity index is 1.80. The van der Waals surface area contributed by atoms with E-state index in [1.54, 1.807) is 6.07 Å². The summed E-state index contributed by atoms with van der Waals surface area (Å²) in [5, 5.41) is 5.09. The zero-order valence-electron chi connectivity index (χ0n) is 17.2. The lowest BCUT2D eigenvalue weighted by Gasteiger charge is -2.23. The maximum Gasteiger partial charge on any atom is 0.340 e. The molecule has 0 aliphatic carbocycles. The number of hydrogen-bond acceptors (Lipinski definition) is 5. The molecule has 3 aromatic carbocycles. The summed E-state index contributed by atoms with van der Waals surface area (Å²) in [6.45, 7) is 1.63. The van der Waals surface area contributed by atoms with Crippen LogP contribution in [-0.2, 0) is 26.1 Å². The normalized spacial score (nSPS) is 11.1. The number of aryl methyl sites for hydroxylation is 1. The van der Waals surface area contributed by atoms with Crippen LogP contribution in [0.25, 0.3) is 0 Å². The molecule has 0 aromatic heterocycles. The predicted molar refractivity (Wildman–Crippen MR) is 122 cm³/mol. The standard InChI is InChI=1S/C23H21ClN2O5S/c1-16-6-5-9-18(12-16)26(14-17-7-3-2-4-8-17)22(27)15-31-23(28)20-13-19(32(25,29)30)10-11-21(20)24/h2-13H,14-15H2,1H3,(H2,25,29,30). The summed E-state index contributed by atoms with van der Waals surface area (Å²) in [7, 11) is -4.04. The van der Waals surface area contributed by atoms with E-state index in [1.165, 1.54) is 17.0 Å². The van der Waals surface area contributed by atoms with Gasteiger partial charge in [0.25, 0.3) is 5.91 Å². The van der Waals surface area contributed by atoms with Gasteiger partial charge in [0.05, 0.1) is 22.0 Å². The predicted octanol–water partition coefficient (Wildman–Crippen LogP) is 3.69. The zero-order chi connectivity index (χ0) is 23.3. The molecular weight excluding hydrogens is 452 g/mol. The van der Waals surface area contributed by atoms with Gasteiger partial charge in [-0.1, -0.05) is 54.1 Å². The van der Waals surface area contributed by atoms with Crippen LogP contribution in [-0.4, -0.2) is 26.9 Å². The van der Waals surface area contributed by atoms with Crippen LogP contribution in [0.5, 0.6) is 0 Å². The van der Waals surface area contributed by atoms with Gasteiger partial charge in [0.2, 0.25) is 10.0 Å². The first kappa shape index (κ1) is 23.5. The molecule has 0 radical (unpaired) electrons. The molecule has 0 aliphatic heterocycles. The van der Waals surface area contributed by atoms with E-state index in [1.807, 2.05) is 55.5 Å². The lowest BCUT2D eigenvalue weighted by Crippen LogP contribution is -2.34. The van der Waals surface area contributed by atoms with Gasteiger partial charge in [-0.2, -0.15) is 0 Å². The van der Waals surface area contributed by atoms with E-state index < -0.39 is 28.5 Å². The van der Waals surface area contributed by atoms with E-state index in [4.69, 9.17) is 21.5 Å². The van der Waals surface area contributed by atoms with Crippen molar-refractivity contribution in [1.82, 2.24) is 0 Å². The number of rotatable bonds is 7. The molecule has 2 N–H and O–H groups in total. The van der Waals surface area contributed by atoms with E-state index >= 15 is 0 Å². The second-order valence-corrected chi connectivity index (χ2v) is 9.04. The number of primary sulfonamides is 1. The summed E-state index contributed by atoms with van der Waals surface area (Å²) in [5.74, 6) is -1.38. The third-order valence-corrected chi connectivity index (χ3v) is 5.85. The Morgan fingerprint density at radius 3 is 2.38 bits per heavy atom. The van der Waals surface area contributed by atoms with Crippen molar-refractivity contribution in [1.29, 1.82) is 0 Å². The Morgan fingerprint density at radius 1 is 1.00 bits per heavy atom. The van der Waals surface area contributed by atoms with E-state index in [2.05, 4.69) is 0 Å². The van der Waals surface area contributed by atoms with Crippen molar-refractivity contribution < 1.29 is 22.7 Å². The van der Waals surface area contributed by atoms with Crippen molar-refractivity contribution in [2.24, 2.45) is 5.14 Å². The lowest BCUT2D eigenvalue weighted by molar-refractivity contribution is -0.121. The Hall–Kier alpha value is -3.20. The summed E-state index contributed by atoms with van der Waals surface area (Å²) >= 11 is 6.01. The smallest absolute Gasteiger partial charge is 0.340 e. The van der Waals surface area contributed by atoms with Gasteiger partial charge in [-0.15, -0.1) is 0 Å². The average Bonchev–Trinajstić information content (AvgIpc) is 2.76. The minimum atomic E-state index is -4.04. The highest BCUT2D eigenvalue weighted by Gasteiger charge is 2.21. The van der Waals surface area contributed by atoms with Crippen LogP contribution >= 0.6 is 11.6 Å². The first-order valence-electron chi connectivity index (χ1n) is 9.55. The van der Waals surface area contributed by atoms with Gasteiger partial charge in [-0.05, 0) is 48.4 Å². The van der Waals surface area contributed by atoms with Crippen molar-refractivity contribution in [3.05, 3.63) is 94.5 Å². The van der Waals surface area contributed by atoms with Gasteiger partial charge in [0.1, 0.15) is 0 Å². The molecule has 32 heavy (non-hydrogen) atoms. The largest absolute Gasteiger partial charge is 0.452 e. The number of nitrogens with zero attached hydrogens (tertiary/aromatic N) is 1. The second-order valence-electron chi connectivity index (χ2n) is 7.07. The molecule has 7 nitrogen and oxygen atoms in total. The number of carbonyl (C=O) groups is 2. The molecule has 0 atom stereocenters. The molecule has 3 aromatic rings. The SMILES string of the molecule is Cc1cccc(N(Cc2ccccc2)C(=O)COC(=O)c2cc(S(N)(=O)=O)ccc2Cl)c1. The molecule has 0 saturated carbocycles. The van der Waals surface area contributed by atoms with Gasteiger partial charge in [0.15, 0.2) is 6.61 Å². The number of anilines is 1. The van der Waals surface area contributed by atoms with Crippen LogP contribution < -0.4 is 10.0 Å². The molecule has 166 valence electrons. The number of nitrogens with two attached hydrogens (primary N) is 1. The molecule has 9 heteroatoms. The van der Waals surface area contributed by atoms with Crippen molar-refractivity contribution in [3.63, 3.8) is 0 Å². The third kappa shape index (κ3) is 5.94. The summed E-state index contributed by atoms with van der Waals surface area (Å²) in [5.41, 5.74) is 2.33. The Labute approximate surface area is 191 Å². The average molecular weight is 473 g/mol. The van der Waals surface area contributed by atoms with Crippen molar-refractivity contribution >= 4 is 39.2 Å². The molecule has 1 amide bonds. The first-order chi connectivity index (χ1) is 15.1. The number of esters is 1. The van der Waals surface area contributed by atoms with Crippen molar-refractivity contribution in [2.45, 2.75) is 18.4 Å². The quantitative estimate of drug-likeness (QED) is 0.528. The van der Waals surface area contributed by atoms with Crippen LogP contribution in [0.3, 0.4) is 0 Å². The molecule has 0 bridgehead atoms. The first-order valence-corrected chi connectivity index (χ1v) is 11.5. The highest BCUT2D eigenvalue weighted by molar-refractivity contribution is 7.89. The number of ether oxygens (including phenoxy) is 1. The topological polar surface area (TPSA) is 107 Å². The second kappa shape index (κ2) is 9.95. The molecular formula is C23H21ClN2O5S. The van der Waals surface area contributed by atoms with Crippen molar-refractivity contribution in [3.8, 4) is 0 Å². The van der Waals surface area contributed by atoms with E-state index in [9.17, 15) is 18.0 Å². The molecule has 0 heterocycles. The number of halogens is 1. The molecule has 0 spiro atoms. The monoisotopic (exact) mass is 472 g/mol. The minimum Gasteiger partial charge on any atom is -0.452 e. The highest BCUT2D eigenvalue weighted by Crippen LogP contribution is 2.22. The van der Waals surface area contributed by atoms with Gasteiger partial charge >= 0.3 is 5.97 Å². The third-order valence-electron chi connectivity index (χ3n) is 4.61. The van der Waals surface area contributed by atoms with Gasteiger partial charge in [-0.25, -0.2) is 18.4 Å². The fourth-order valence-electron chi connectivity index (χ4n) is 3.01. The van der Waals surface area contributed by atoms with E-state index in [0.29, 0.717) is 5.69 Å². The number of amides is 1. The molecule has 0 fully saturated rings. The molecule has 0 unspecified atom stereocenters. The maximum atomic E-state index is 13.0. The van der Waals surface area contributed by atoms with Crippen LogP contribution in [0.1, 0.15) is 21.5 Å². The summed E-state index contributed by atoms with van der Waals surface area (Å²) in [6.07, 6.45) is 0. The van der Waals surface area contributed by atoms with Crippen LogP contribution in [0.15, 0.2) is 77.7 Å². The van der Waals surface area contributed by atoms with Gasteiger partial charge in [-0.3, -0.25) is 4.79 Å². The number of carbonyl (C=O) groups excluding carboxylic acids is 2. The Kier molecular flexibility index (Phi) is 7.29. The van der Waals surface area contributed by atoms with Gasteiger partial charge < -0.3 is 9.64 Å². The molecule has 0 saturated heterocycles. The van der Waals surface area contributed by atoms with Crippen LogP contribution in [0.4, 0.5) is 5.69 Å². The Morgan fingerprint density at radius 2 is 1.72 bits per heavy atom. The van der Waals surface area contributed by atoms with Crippen LogP contribution in [0.2, 0.25) is 5.02 Å². The maximum absolute atomic E-state index is 13.0. The van der Waals surface area contributed by atoms with E-state index in [0.717, 1.165) is 17.2 Å². The minimum absolute atomic E-state index is 0.0188. The molecule has 3 rings (SSSR count). The zero-order valence-corrected chi connectivity index (χ0v) is 18.8. The summed E-state index contributed by atoms with van der Waals surface area (Å²) < 4.78 is 28.3. The van der Waals surface area contributed by atoms with Gasteiger partial charge in [0, 0.05) is 5.69 Å². The number of hydrogen-bond donors (Lipinski definition) is 1. The Bertz CT molecular complexity index is 1250. The summed E-state index contributed by atoms with van der Waals surface area (Å²) in [6, 6.07) is 20.2. The highest BCUT2D eigenvalue weighted by atomic mass is 35.5. The fraction of sp³-hybridized carbons (Fsp3) is 0.130. The van der Waals surface area contributed by atoms with Crippen LogP contribution in [0, 0.1) is 6.92 Å². The lowest BCUT2D eigenvalue weighted by atomic mass is 10.1. The van der Waals surface area contributed by atoms with E-state index in [-0.39, 0.29) is 22.0 Å². The van der Waals surface area contributed by atoms with Crippen molar-refractivity contribution in [2.75, 3.05) is 11.5 Å². The number of sulfonamides is 1. The fourth-order valence-corrected chi connectivity index (χ4v) is 3.74. The number of benzene rings is 3. The molecule has 0 aliphatic rings. The summed E-state index contributed by atoms with van der Waals surface area (Å²) in [4.78, 5) is 26.7.